The third-order valence-electron chi connectivity index (χ3n) is 5.24. The molecule has 0 aliphatic carbocycles. The maximum atomic E-state index is 12.7. The van der Waals surface area contributed by atoms with Gasteiger partial charge in [0.05, 0.1) is 5.69 Å². The lowest BCUT2D eigenvalue weighted by molar-refractivity contribution is 0.0876. The minimum absolute atomic E-state index is 0.0763. The molecule has 0 amide bonds. The van der Waals surface area contributed by atoms with Gasteiger partial charge in [-0.1, -0.05) is 23.2 Å². The smallest absolute Gasteiger partial charge is 0.166 e. The Hall–Kier alpha value is -1.40. The van der Waals surface area contributed by atoms with E-state index in [1.807, 2.05) is 26.1 Å². The van der Waals surface area contributed by atoms with Gasteiger partial charge in [0.2, 0.25) is 0 Å². The minimum Gasteiger partial charge on any atom is -0.314 e. The van der Waals surface area contributed by atoms with Crippen molar-refractivity contribution >= 4 is 29.0 Å². The monoisotopic (exact) mass is 408 g/mol. The zero-order valence-corrected chi connectivity index (χ0v) is 17.3. The molecule has 0 radical (unpaired) electrons. The number of hydrogen-bond acceptors (Lipinski definition) is 4. The van der Waals surface area contributed by atoms with Crippen LogP contribution in [-0.2, 0) is 13.6 Å². The number of hydrogen-bond donors (Lipinski definition) is 2. The summed E-state index contributed by atoms with van der Waals surface area (Å²) in [4.78, 5) is 12.7. The molecule has 1 saturated heterocycles. The summed E-state index contributed by atoms with van der Waals surface area (Å²) in [6.07, 6.45) is 2.73. The summed E-state index contributed by atoms with van der Waals surface area (Å²) >= 11 is 12.2. The van der Waals surface area contributed by atoms with Gasteiger partial charge in [0.15, 0.2) is 5.78 Å². The average molecular weight is 409 g/mol. The molecular weight excluding hydrogens is 383 g/mol. The van der Waals surface area contributed by atoms with Gasteiger partial charge in [-0.25, -0.2) is 0 Å². The fraction of sp³-hybridized carbons (Fsp3) is 0.500. The molecule has 0 saturated carbocycles. The van der Waals surface area contributed by atoms with Crippen LogP contribution in [0, 0.1) is 12.8 Å². The van der Waals surface area contributed by atoms with Crippen molar-refractivity contribution in [1.82, 2.24) is 20.4 Å². The Labute approximate surface area is 170 Å². The number of nitrogens with zero attached hydrogens (tertiary/aromatic N) is 2. The van der Waals surface area contributed by atoms with Crippen LogP contribution in [0.3, 0.4) is 0 Å². The molecule has 1 aromatic carbocycles. The molecule has 2 heterocycles. The third kappa shape index (κ3) is 5.11. The van der Waals surface area contributed by atoms with Crippen molar-refractivity contribution in [3.05, 3.63) is 51.3 Å². The Morgan fingerprint density at radius 2 is 2.07 bits per heavy atom. The first-order valence-corrected chi connectivity index (χ1v) is 10.1. The van der Waals surface area contributed by atoms with E-state index < -0.39 is 0 Å². The molecule has 2 N–H and O–H groups in total. The Bertz CT molecular complexity index is 788. The maximum Gasteiger partial charge on any atom is 0.166 e. The fourth-order valence-corrected chi connectivity index (χ4v) is 4.05. The lowest BCUT2D eigenvalue weighted by Crippen LogP contribution is -2.42. The molecule has 2 aromatic rings. The molecule has 0 bridgehead atoms. The molecule has 5 nitrogen and oxygen atoms in total. The van der Waals surface area contributed by atoms with Gasteiger partial charge in [0.1, 0.15) is 5.15 Å². The quantitative estimate of drug-likeness (QED) is 0.540. The second-order valence-electron chi connectivity index (χ2n) is 7.19. The Morgan fingerprint density at radius 1 is 1.33 bits per heavy atom. The van der Waals surface area contributed by atoms with E-state index in [0.29, 0.717) is 22.8 Å². The first-order chi connectivity index (χ1) is 13.0. The van der Waals surface area contributed by atoms with E-state index in [9.17, 15) is 4.79 Å². The first-order valence-electron chi connectivity index (χ1n) is 9.37. The van der Waals surface area contributed by atoms with Crippen LogP contribution in [0.1, 0.15) is 40.9 Å². The van der Waals surface area contributed by atoms with Gasteiger partial charge >= 0.3 is 0 Å². The van der Waals surface area contributed by atoms with Gasteiger partial charge < -0.3 is 10.6 Å². The van der Waals surface area contributed by atoms with Gasteiger partial charge in [-0.15, -0.1) is 0 Å². The molecular formula is C20H26Cl2N4O. The molecule has 27 heavy (non-hydrogen) atoms. The number of ketones is 1. The standard InChI is InChI=1S/C20H26Cl2N4O/c1-13-18(20(22)26(2)25-13)12-23-9-8-17-11-15(7-10-24-17)19(27)14-3-5-16(21)6-4-14/h3-6,15,17,23-24H,7-12H2,1-2H3. The number of carbonyl (C=O) groups is 1. The highest BCUT2D eigenvalue weighted by Gasteiger charge is 2.27. The Balaban J connectivity index is 1.47. The van der Waals surface area contributed by atoms with Gasteiger partial charge in [-0.2, -0.15) is 5.10 Å². The van der Waals surface area contributed by atoms with Crippen LogP contribution in [0.25, 0.3) is 0 Å². The zero-order chi connectivity index (χ0) is 19.4. The lowest BCUT2D eigenvalue weighted by Gasteiger charge is -2.29. The maximum absolute atomic E-state index is 12.7. The summed E-state index contributed by atoms with van der Waals surface area (Å²) in [6.45, 7) is 4.42. The van der Waals surface area contributed by atoms with E-state index in [2.05, 4.69) is 15.7 Å². The van der Waals surface area contributed by atoms with Crippen molar-refractivity contribution in [2.45, 2.75) is 38.8 Å². The van der Waals surface area contributed by atoms with Crippen LogP contribution in [0.15, 0.2) is 24.3 Å². The summed E-state index contributed by atoms with van der Waals surface area (Å²) < 4.78 is 1.70. The first kappa shape index (κ1) is 20.3. The molecule has 1 fully saturated rings. The molecule has 3 rings (SSSR count). The number of aromatic nitrogens is 2. The molecule has 2 unspecified atom stereocenters. The average Bonchev–Trinajstić information content (AvgIpc) is 2.91. The fourth-order valence-electron chi connectivity index (χ4n) is 3.68. The summed E-state index contributed by atoms with van der Waals surface area (Å²) in [6, 6.07) is 7.55. The minimum atomic E-state index is 0.0763. The summed E-state index contributed by atoms with van der Waals surface area (Å²) in [5, 5.41) is 12.7. The number of carbonyl (C=O) groups excluding carboxylic acids is 1. The second-order valence-corrected chi connectivity index (χ2v) is 7.98. The van der Waals surface area contributed by atoms with E-state index in [-0.39, 0.29) is 11.7 Å². The van der Waals surface area contributed by atoms with E-state index in [0.717, 1.165) is 49.2 Å². The Morgan fingerprint density at radius 3 is 2.74 bits per heavy atom. The van der Waals surface area contributed by atoms with Gasteiger partial charge in [0, 0.05) is 41.7 Å². The molecule has 0 spiro atoms. The van der Waals surface area contributed by atoms with Crippen LogP contribution in [0.2, 0.25) is 10.2 Å². The number of piperidine rings is 1. The molecule has 1 aromatic heterocycles. The topological polar surface area (TPSA) is 59.0 Å². The van der Waals surface area contributed by atoms with Gasteiger partial charge in [-0.05, 0) is 63.5 Å². The molecule has 7 heteroatoms. The van der Waals surface area contributed by atoms with Crippen molar-refractivity contribution in [2.75, 3.05) is 13.1 Å². The van der Waals surface area contributed by atoms with E-state index in [1.165, 1.54) is 0 Å². The number of rotatable bonds is 7. The van der Waals surface area contributed by atoms with Crippen molar-refractivity contribution < 1.29 is 4.79 Å². The highest BCUT2D eigenvalue weighted by atomic mass is 35.5. The molecule has 1 aliphatic heterocycles. The summed E-state index contributed by atoms with van der Waals surface area (Å²) in [5.41, 5.74) is 2.76. The van der Waals surface area contributed by atoms with E-state index in [4.69, 9.17) is 23.2 Å². The predicted molar refractivity (Wildman–Crippen MR) is 110 cm³/mol. The van der Waals surface area contributed by atoms with Crippen LogP contribution in [0.5, 0.6) is 0 Å². The molecule has 1 aliphatic rings. The van der Waals surface area contributed by atoms with Crippen LogP contribution < -0.4 is 10.6 Å². The highest BCUT2D eigenvalue weighted by Crippen LogP contribution is 2.23. The normalized spacial score (nSPS) is 20.0. The van der Waals surface area contributed by atoms with E-state index in [1.54, 1.807) is 16.8 Å². The Kier molecular flexibility index (Phi) is 6.93. The highest BCUT2D eigenvalue weighted by molar-refractivity contribution is 6.30. The van der Waals surface area contributed by atoms with Crippen LogP contribution in [-0.4, -0.2) is 34.7 Å². The van der Waals surface area contributed by atoms with Crippen molar-refractivity contribution in [2.24, 2.45) is 13.0 Å². The van der Waals surface area contributed by atoms with Crippen LogP contribution in [0.4, 0.5) is 0 Å². The van der Waals surface area contributed by atoms with Crippen LogP contribution >= 0.6 is 23.2 Å². The lowest BCUT2D eigenvalue weighted by atomic mass is 9.85. The molecule has 146 valence electrons. The SMILES string of the molecule is Cc1nn(C)c(Cl)c1CNCCC1CC(C(=O)c2ccc(Cl)cc2)CCN1. The number of halogens is 2. The van der Waals surface area contributed by atoms with E-state index >= 15 is 0 Å². The number of nitrogens with one attached hydrogen (secondary N) is 2. The third-order valence-corrected chi connectivity index (χ3v) is 5.96. The summed E-state index contributed by atoms with van der Waals surface area (Å²) in [7, 11) is 1.85. The molecule has 2 atom stereocenters. The van der Waals surface area contributed by atoms with Crippen molar-refractivity contribution in [3.63, 3.8) is 0 Å². The summed E-state index contributed by atoms with van der Waals surface area (Å²) in [5.74, 6) is 0.302. The number of benzene rings is 1. The van der Waals surface area contributed by atoms with Crippen molar-refractivity contribution in [1.29, 1.82) is 0 Å². The van der Waals surface area contributed by atoms with Gasteiger partial charge in [0.25, 0.3) is 0 Å². The van der Waals surface area contributed by atoms with Gasteiger partial charge in [-0.3, -0.25) is 9.48 Å². The van der Waals surface area contributed by atoms with Crippen molar-refractivity contribution in [3.8, 4) is 0 Å². The second kappa shape index (κ2) is 9.20. The largest absolute Gasteiger partial charge is 0.314 e. The number of Topliss-reactive ketones (excluding diaryl/α,β-unsaturated/α-hetero) is 1. The zero-order valence-electron chi connectivity index (χ0n) is 15.8. The predicted octanol–water partition coefficient (Wildman–Crippen LogP) is 3.77. The number of aryl methyl sites for hydroxylation is 2.